The Kier molecular flexibility index (Phi) is 2.79. The summed E-state index contributed by atoms with van der Waals surface area (Å²) in [6, 6.07) is 17.5. The summed E-state index contributed by atoms with van der Waals surface area (Å²) in [6.45, 7) is 0. The summed E-state index contributed by atoms with van der Waals surface area (Å²) in [4.78, 5) is 4.34. The van der Waals surface area contributed by atoms with E-state index in [1.165, 1.54) is 0 Å². The first-order valence-corrected chi connectivity index (χ1v) is 4.79. The van der Waals surface area contributed by atoms with Gasteiger partial charge in [-0.05, 0) is 29.8 Å². The largest absolute Gasteiger partial charge is 0.399 e. The topological polar surface area (TPSA) is 38.4 Å². The molecule has 0 radical (unpaired) electrons. The lowest BCUT2D eigenvalue weighted by Gasteiger charge is -1.95. The normalized spacial score (nSPS) is 10.7. The maximum atomic E-state index is 5.67. The lowest BCUT2D eigenvalue weighted by atomic mass is 10.2. The number of nitrogen functional groups attached to an aromatic ring is 1. The molecule has 0 atom stereocenters. The first-order valence-electron chi connectivity index (χ1n) is 4.79. The molecule has 0 saturated heterocycles. The fourth-order valence-corrected chi connectivity index (χ4v) is 1.30. The number of aliphatic imine (C=N–C) groups is 1. The van der Waals surface area contributed by atoms with Crippen molar-refractivity contribution in [2.24, 2.45) is 4.99 Å². The van der Waals surface area contributed by atoms with E-state index in [2.05, 4.69) is 4.99 Å². The molecule has 0 heterocycles. The summed E-state index contributed by atoms with van der Waals surface area (Å²) >= 11 is 0. The number of nitrogens with zero attached hydrogens (tertiary/aromatic N) is 1. The Morgan fingerprint density at radius 1 is 0.933 bits per heavy atom. The maximum absolute atomic E-state index is 5.67. The Hall–Kier alpha value is -2.09. The van der Waals surface area contributed by atoms with Crippen molar-refractivity contribution in [1.82, 2.24) is 0 Å². The van der Waals surface area contributed by atoms with Crippen LogP contribution >= 0.6 is 0 Å². The van der Waals surface area contributed by atoms with Gasteiger partial charge >= 0.3 is 0 Å². The Bertz CT molecular complexity index is 461. The van der Waals surface area contributed by atoms with Gasteiger partial charge in [0.15, 0.2) is 0 Å². The molecule has 15 heavy (non-hydrogen) atoms. The maximum Gasteiger partial charge on any atom is 0.0629 e. The molecule has 0 bridgehead atoms. The molecule has 2 aromatic carbocycles. The summed E-state index contributed by atoms with van der Waals surface area (Å²) in [5, 5.41) is 0. The highest BCUT2D eigenvalue weighted by Crippen LogP contribution is 2.10. The molecule has 74 valence electrons. The van der Waals surface area contributed by atoms with Crippen LogP contribution in [0.4, 0.5) is 11.4 Å². The van der Waals surface area contributed by atoms with Gasteiger partial charge in [0.1, 0.15) is 0 Å². The van der Waals surface area contributed by atoms with E-state index >= 15 is 0 Å². The molecule has 0 saturated carbocycles. The van der Waals surface area contributed by atoms with Crippen LogP contribution in [-0.4, -0.2) is 6.21 Å². The molecule has 0 amide bonds. The van der Waals surface area contributed by atoms with Gasteiger partial charge in [-0.1, -0.05) is 30.3 Å². The van der Waals surface area contributed by atoms with Crippen molar-refractivity contribution < 1.29 is 0 Å². The summed E-state index contributed by atoms with van der Waals surface area (Å²) in [5.41, 5.74) is 8.38. The van der Waals surface area contributed by atoms with E-state index in [-0.39, 0.29) is 0 Å². The van der Waals surface area contributed by atoms with Gasteiger partial charge in [0.2, 0.25) is 0 Å². The first kappa shape index (κ1) is 9.46. The Balaban J connectivity index is 2.19. The second-order valence-corrected chi connectivity index (χ2v) is 3.26. The van der Waals surface area contributed by atoms with E-state index in [1.54, 1.807) is 0 Å². The first-order chi connectivity index (χ1) is 7.34. The van der Waals surface area contributed by atoms with Gasteiger partial charge in [-0.15, -0.1) is 0 Å². The molecule has 2 rings (SSSR count). The number of hydrogen-bond acceptors (Lipinski definition) is 2. The molecular weight excluding hydrogens is 184 g/mol. The van der Waals surface area contributed by atoms with Crippen molar-refractivity contribution in [1.29, 1.82) is 0 Å². The molecule has 0 aromatic heterocycles. The van der Waals surface area contributed by atoms with Gasteiger partial charge < -0.3 is 5.73 Å². The zero-order valence-corrected chi connectivity index (χ0v) is 8.30. The Morgan fingerprint density at radius 2 is 1.73 bits per heavy atom. The average Bonchev–Trinajstić information content (AvgIpc) is 2.28. The fourth-order valence-electron chi connectivity index (χ4n) is 1.30. The lowest BCUT2D eigenvalue weighted by molar-refractivity contribution is 1.53. The number of benzene rings is 2. The highest BCUT2D eigenvalue weighted by molar-refractivity contribution is 5.83. The van der Waals surface area contributed by atoms with Crippen LogP contribution in [0.5, 0.6) is 0 Å². The molecule has 0 aliphatic heterocycles. The van der Waals surface area contributed by atoms with Crippen LogP contribution in [0, 0.1) is 0 Å². The van der Waals surface area contributed by atoms with Crippen molar-refractivity contribution in [3.8, 4) is 0 Å². The molecule has 2 nitrogen and oxygen atoms in total. The Labute approximate surface area is 89.1 Å². The molecular formula is C13H12N2. The summed E-state index contributed by atoms with van der Waals surface area (Å²) < 4.78 is 0. The van der Waals surface area contributed by atoms with E-state index in [0.29, 0.717) is 0 Å². The van der Waals surface area contributed by atoms with Gasteiger partial charge in [0, 0.05) is 11.9 Å². The molecule has 0 fully saturated rings. The molecule has 2 aromatic rings. The number of rotatable bonds is 2. The number of nitrogens with two attached hydrogens (primary N) is 1. The minimum Gasteiger partial charge on any atom is -0.399 e. The van der Waals surface area contributed by atoms with Gasteiger partial charge in [0.05, 0.1) is 5.69 Å². The standard InChI is InChI=1S/C13H12N2/c14-12-6-4-5-11(9-12)10-15-13-7-2-1-3-8-13/h1-10H,14H2. The molecule has 0 unspecified atom stereocenters. The van der Waals surface area contributed by atoms with Crippen molar-refractivity contribution in [3.05, 3.63) is 60.2 Å². The molecule has 0 spiro atoms. The van der Waals surface area contributed by atoms with Gasteiger partial charge in [0.25, 0.3) is 0 Å². The minimum atomic E-state index is 0.756. The molecule has 0 aliphatic rings. The lowest BCUT2D eigenvalue weighted by Crippen LogP contribution is -1.86. The third kappa shape index (κ3) is 2.68. The summed E-state index contributed by atoms with van der Waals surface area (Å²) in [6.07, 6.45) is 1.81. The van der Waals surface area contributed by atoms with Gasteiger partial charge in [-0.25, -0.2) is 0 Å². The predicted octanol–water partition coefficient (Wildman–Crippen LogP) is 3.02. The quantitative estimate of drug-likeness (QED) is 0.582. The SMILES string of the molecule is Nc1cccc(C=Nc2ccccc2)c1. The van der Waals surface area contributed by atoms with Crippen LogP contribution in [0.1, 0.15) is 5.56 Å². The highest BCUT2D eigenvalue weighted by atomic mass is 14.7. The number of para-hydroxylation sites is 1. The van der Waals surface area contributed by atoms with Crippen molar-refractivity contribution in [2.75, 3.05) is 5.73 Å². The van der Waals surface area contributed by atoms with Gasteiger partial charge in [-0.2, -0.15) is 0 Å². The summed E-state index contributed by atoms with van der Waals surface area (Å²) in [5.74, 6) is 0. The van der Waals surface area contributed by atoms with Crippen LogP contribution in [0.25, 0.3) is 0 Å². The second-order valence-electron chi connectivity index (χ2n) is 3.26. The van der Waals surface area contributed by atoms with Crippen LogP contribution in [0.2, 0.25) is 0 Å². The fraction of sp³-hybridized carbons (Fsp3) is 0. The zero-order chi connectivity index (χ0) is 10.5. The van der Waals surface area contributed by atoms with E-state index < -0.39 is 0 Å². The Morgan fingerprint density at radius 3 is 2.47 bits per heavy atom. The van der Waals surface area contributed by atoms with E-state index in [1.807, 2.05) is 60.8 Å². The van der Waals surface area contributed by atoms with Crippen molar-refractivity contribution >= 4 is 17.6 Å². The third-order valence-electron chi connectivity index (χ3n) is 2.03. The van der Waals surface area contributed by atoms with Crippen molar-refractivity contribution in [3.63, 3.8) is 0 Å². The van der Waals surface area contributed by atoms with E-state index in [0.717, 1.165) is 16.9 Å². The van der Waals surface area contributed by atoms with Gasteiger partial charge in [-0.3, -0.25) is 4.99 Å². The monoisotopic (exact) mass is 196 g/mol. The smallest absolute Gasteiger partial charge is 0.0629 e. The van der Waals surface area contributed by atoms with Crippen LogP contribution in [-0.2, 0) is 0 Å². The molecule has 2 N–H and O–H groups in total. The third-order valence-corrected chi connectivity index (χ3v) is 2.03. The van der Waals surface area contributed by atoms with Crippen molar-refractivity contribution in [2.45, 2.75) is 0 Å². The van der Waals surface area contributed by atoms with E-state index in [9.17, 15) is 0 Å². The highest BCUT2D eigenvalue weighted by Gasteiger charge is 1.89. The van der Waals surface area contributed by atoms with E-state index in [4.69, 9.17) is 5.73 Å². The minimum absolute atomic E-state index is 0.756. The second kappa shape index (κ2) is 4.42. The molecule has 2 heteroatoms. The summed E-state index contributed by atoms with van der Waals surface area (Å²) in [7, 11) is 0. The van der Waals surface area contributed by atoms with Crippen LogP contribution < -0.4 is 5.73 Å². The average molecular weight is 196 g/mol. The van der Waals surface area contributed by atoms with Crippen LogP contribution in [0.15, 0.2) is 59.6 Å². The zero-order valence-electron chi connectivity index (χ0n) is 8.30. The molecule has 0 aliphatic carbocycles. The predicted molar refractivity (Wildman–Crippen MR) is 64.6 cm³/mol. The number of anilines is 1. The number of hydrogen-bond donors (Lipinski definition) is 1. The van der Waals surface area contributed by atoms with Crippen LogP contribution in [0.3, 0.4) is 0 Å².